The predicted molar refractivity (Wildman–Crippen MR) is 51.6 cm³/mol. The summed E-state index contributed by atoms with van der Waals surface area (Å²) in [6.07, 6.45) is 4.60. The minimum absolute atomic E-state index is 0.126. The molecule has 0 amide bonds. The fourth-order valence-electron chi connectivity index (χ4n) is 3.96. The van der Waals surface area contributed by atoms with Crippen molar-refractivity contribution in [2.45, 2.75) is 50.7 Å². The third kappa shape index (κ3) is 0.548. The molecule has 0 spiro atoms. The fraction of sp³-hybridized carbons (Fsp3) is 1.00. The van der Waals surface area contributed by atoms with Gasteiger partial charge in [-0.1, -0.05) is 0 Å². The van der Waals surface area contributed by atoms with Gasteiger partial charge in [-0.3, -0.25) is 0 Å². The lowest BCUT2D eigenvalue weighted by atomic mass is 9.71. The van der Waals surface area contributed by atoms with Crippen LogP contribution in [0.1, 0.15) is 39.5 Å². The molecular formula is C12H18O2. The van der Waals surface area contributed by atoms with Gasteiger partial charge in [-0.2, -0.15) is 0 Å². The molecule has 0 radical (unpaired) electrons. The predicted octanol–water partition coefficient (Wildman–Crippen LogP) is 1.31. The Labute approximate surface area is 84.3 Å². The third-order valence-electron chi connectivity index (χ3n) is 6.25. The number of hydrogen-bond donors (Lipinski definition) is 2. The third-order valence-corrected chi connectivity index (χ3v) is 6.25. The molecule has 78 valence electrons. The van der Waals surface area contributed by atoms with Crippen LogP contribution in [-0.2, 0) is 0 Å². The van der Waals surface area contributed by atoms with Gasteiger partial charge in [0, 0.05) is 10.8 Å². The molecular weight excluding hydrogens is 176 g/mol. The first-order valence-corrected chi connectivity index (χ1v) is 5.82. The van der Waals surface area contributed by atoms with Crippen molar-refractivity contribution in [2.75, 3.05) is 0 Å². The van der Waals surface area contributed by atoms with E-state index in [1.807, 2.05) is 13.8 Å². The summed E-state index contributed by atoms with van der Waals surface area (Å²) in [5.74, 6) is 1.47. The molecule has 0 saturated heterocycles. The minimum atomic E-state index is -0.837. The van der Waals surface area contributed by atoms with E-state index in [4.69, 9.17) is 0 Å². The van der Waals surface area contributed by atoms with Crippen LogP contribution < -0.4 is 0 Å². The van der Waals surface area contributed by atoms with E-state index in [0.717, 1.165) is 37.5 Å². The molecule has 14 heavy (non-hydrogen) atoms. The van der Waals surface area contributed by atoms with Crippen LogP contribution in [0.15, 0.2) is 0 Å². The molecule has 2 unspecified atom stereocenters. The molecule has 2 N–H and O–H groups in total. The van der Waals surface area contributed by atoms with Crippen molar-refractivity contribution in [3.05, 3.63) is 0 Å². The highest BCUT2D eigenvalue weighted by Gasteiger charge is 2.88. The van der Waals surface area contributed by atoms with Gasteiger partial charge in [0.05, 0.1) is 11.2 Å². The van der Waals surface area contributed by atoms with E-state index in [1.54, 1.807) is 0 Å². The van der Waals surface area contributed by atoms with E-state index in [2.05, 4.69) is 0 Å². The van der Waals surface area contributed by atoms with Gasteiger partial charge in [0.15, 0.2) is 0 Å². The molecule has 0 aromatic rings. The van der Waals surface area contributed by atoms with Crippen LogP contribution in [0.2, 0.25) is 0 Å². The molecule has 0 aliphatic heterocycles. The lowest BCUT2D eigenvalue weighted by molar-refractivity contribution is -0.180. The molecule has 2 atom stereocenters. The summed E-state index contributed by atoms with van der Waals surface area (Å²) in [6, 6.07) is 0. The van der Waals surface area contributed by atoms with Gasteiger partial charge < -0.3 is 10.2 Å². The van der Waals surface area contributed by atoms with E-state index in [1.165, 1.54) is 0 Å². The molecule has 4 fully saturated rings. The molecule has 4 aliphatic rings. The summed E-state index contributed by atoms with van der Waals surface area (Å²) in [5.41, 5.74) is -1.42. The normalized spacial score (nSPS) is 64.3. The maximum atomic E-state index is 10.6. The van der Waals surface area contributed by atoms with Crippen LogP contribution in [-0.4, -0.2) is 21.4 Å². The maximum Gasteiger partial charge on any atom is 0.0966 e. The van der Waals surface area contributed by atoms with Crippen LogP contribution in [0, 0.1) is 22.7 Å². The topological polar surface area (TPSA) is 40.5 Å². The van der Waals surface area contributed by atoms with Crippen molar-refractivity contribution >= 4 is 0 Å². The summed E-state index contributed by atoms with van der Waals surface area (Å²) < 4.78 is 0. The van der Waals surface area contributed by atoms with Crippen molar-refractivity contribution < 1.29 is 10.2 Å². The van der Waals surface area contributed by atoms with Crippen molar-refractivity contribution in [2.24, 2.45) is 22.7 Å². The Bertz CT molecular complexity index is 296. The standard InChI is InChI=1S/C12H18O2/c1-9(13,11-3-7(11)4-11)10(2,14)12-5-8(12)6-12/h7-8,13-14H,3-6H2,1-2H3. The smallest absolute Gasteiger partial charge is 0.0966 e. The fourth-order valence-corrected chi connectivity index (χ4v) is 3.96. The molecule has 0 aromatic heterocycles. The van der Waals surface area contributed by atoms with Crippen LogP contribution >= 0.6 is 0 Å². The van der Waals surface area contributed by atoms with Gasteiger partial charge in [-0.05, 0) is 51.4 Å². The Kier molecular flexibility index (Phi) is 0.925. The van der Waals surface area contributed by atoms with Crippen molar-refractivity contribution in [3.8, 4) is 0 Å². The average Bonchev–Trinajstić information content (AvgIpc) is 2.74. The SMILES string of the molecule is CC(O)(C12CC1C2)C(C)(O)C12CC1C2. The Morgan fingerprint density at radius 1 is 0.857 bits per heavy atom. The lowest BCUT2D eigenvalue weighted by Gasteiger charge is -2.43. The van der Waals surface area contributed by atoms with E-state index in [9.17, 15) is 10.2 Å². The highest BCUT2D eigenvalue weighted by molar-refractivity contribution is 5.37. The van der Waals surface area contributed by atoms with Gasteiger partial charge >= 0.3 is 0 Å². The molecule has 0 aromatic carbocycles. The monoisotopic (exact) mass is 194 g/mol. The zero-order valence-corrected chi connectivity index (χ0v) is 8.88. The Morgan fingerprint density at radius 3 is 1.21 bits per heavy atom. The first-order valence-electron chi connectivity index (χ1n) is 5.82. The number of aliphatic hydroxyl groups is 2. The summed E-state index contributed by atoms with van der Waals surface area (Å²) >= 11 is 0. The quantitative estimate of drug-likeness (QED) is 0.711. The Morgan fingerprint density at radius 2 is 1.07 bits per heavy atom. The largest absolute Gasteiger partial charge is 0.387 e. The van der Waals surface area contributed by atoms with Crippen molar-refractivity contribution in [3.63, 3.8) is 0 Å². The highest BCUT2D eigenvalue weighted by Crippen LogP contribution is 2.87. The molecule has 4 aliphatic carbocycles. The second kappa shape index (κ2) is 1.60. The summed E-state index contributed by atoms with van der Waals surface area (Å²) in [4.78, 5) is 0. The van der Waals surface area contributed by atoms with Gasteiger partial charge in [0.1, 0.15) is 0 Å². The van der Waals surface area contributed by atoms with Crippen LogP contribution in [0.4, 0.5) is 0 Å². The molecule has 0 bridgehead atoms. The Balaban J connectivity index is 1.72. The van der Waals surface area contributed by atoms with Crippen molar-refractivity contribution in [1.29, 1.82) is 0 Å². The van der Waals surface area contributed by atoms with E-state index >= 15 is 0 Å². The zero-order chi connectivity index (χ0) is 9.98. The average molecular weight is 194 g/mol. The summed E-state index contributed by atoms with van der Waals surface area (Å²) in [7, 11) is 0. The maximum absolute atomic E-state index is 10.6. The summed E-state index contributed by atoms with van der Waals surface area (Å²) in [6.45, 7) is 3.75. The van der Waals surface area contributed by atoms with Gasteiger partial charge in [0.25, 0.3) is 0 Å². The molecule has 2 nitrogen and oxygen atoms in total. The van der Waals surface area contributed by atoms with Gasteiger partial charge in [-0.25, -0.2) is 0 Å². The highest BCUT2D eigenvalue weighted by atomic mass is 16.4. The number of fused-ring (bicyclic) bond motifs is 2. The Hall–Kier alpha value is -0.0800. The zero-order valence-electron chi connectivity index (χ0n) is 8.88. The van der Waals surface area contributed by atoms with Crippen molar-refractivity contribution in [1.82, 2.24) is 0 Å². The first-order chi connectivity index (χ1) is 6.37. The van der Waals surface area contributed by atoms with Crippen LogP contribution in [0.5, 0.6) is 0 Å². The van der Waals surface area contributed by atoms with E-state index < -0.39 is 11.2 Å². The lowest BCUT2D eigenvalue weighted by Crippen LogP contribution is -2.57. The minimum Gasteiger partial charge on any atom is -0.387 e. The number of rotatable bonds is 3. The van der Waals surface area contributed by atoms with Crippen LogP contribution in [0.25, 0.3) is 0 Å². The van der Waals surface area contributed by atoms with Crippen LogP contribution in [0.3, 0.4) is 0 Å². The summed E-state index contributed by atoms with van der Waals surface area (Å²) in [5, 5.41) is 21.3. The molecule has 4 saturated carbocycles. The number of hydrogen-bond acceptors (Lipinski definition) is 2. The van der Waals surface area contributed by atoms with E-state index in [-0.39, 0.29) is 10.8 Å². The second-order valence-corrected chi connectivity index (χ2v) is 6.67. The second-order valence-electron chi connectivity index (χ2n) is 6.67. The molecule has 2 heteroatoms. The molecule has 0 heterocycles. The molecule has 4 rings (SSSR count). The first kappa shape index (κ1) is 8.12. The van der Waals surface area contributed by atoms with Gasteiger partial charge in [-0.15, -0.1) is 0 Å². The van der Waals surface area contributed by atoms with E-state index in [0.29, 0.717) is 0 Å². The van der Waals surface area contributed by atoms with Gasteiger partial charge in [0.2, 0.25) is 0 Å².